The molecule has 2 aliphatic heterocycles. The molecule has 2 heterocycles. The van der Waals surface area contributed by atoms with Crippen LogP contribution in [0.1, 0.15) is 25.3 Å². The van der Waals surface area contributed by atoms with Gasteiger partial charge in [0.25, 0.3) is 0 Å². The molecular weight excluding hydrogens is 386 g/mol. The first-order valence-corrected chi connectivity index (χ1v) is 9.47. The smallest absolute Gasteiger partial charge is 0.336 e. The highest BCUT2D eigenvalue weighted by Crippen LogP contribution is 2.46. The number of benzene rings is 1. The quantitative estimate of drug-likeness (QED) is 0.593. The van der Waals surface area contributed by atoms with E-state index in [0.717, 1.165) is 0 Å². The number of nitrogens with one attached hydrogen (secondary N) is 1. The molecule has 150 valence electrons. The van der Waals surface area contributed by atoms with Gasteiger partial charge in [-0.2, -0.15) is 0 Å². The van der Waals surface area contributed by atoms with E-state index >= 15 is 0 Å². The number of hydrogen-bond donors (Lipinski definition) is 1. The number of dihydropyridines is 1. The molecule has 0 amide bonds. The number of methoxy groups -OCH3 is 1. The number of esters is 2. The fourth-order valence-electron chi connectivity index (χ4n) is 3.47. The van der Waals surface area contributed by atoms with Crippen molar-refractivity contribution in [1.82, 2.24) is 5.32 Å². The molecule has 28 heavy (non-hydrogen) atoms. The van der Waals surface area contributed by atoms with Crippen molar-refractivity contribution in [2.24, 2.45) is 0 Å². The summed E-state index contributed by atoms with van der Waals surface area (Å²) < 4.78 is 21.8. The van der Waals surface area contributed by atoms with Gasteiger partial charge in [0.2, 0.25) is 0 Å². The van der Waals surface area contributed by atoms with E-state index in [9.17, 15) is 9.59 Å². The van der Waals surface area contributed by atoms with Gasteiger partial charge in [0.1, 0.15) is 13.2 Å². The molecule has 1 N–H and O–H groups in total. The maximum atomic E-state index is 12.9. The highest BCUT2D eigenvalue weighted by Gasteiger charge is 2.40. The van der Waals surface area contributed by atoms with Crippen molar-refractivity contribution in [3.63, 3.8) is 0 Å². The molecule has 1 unspecified atom stereocenters. The molecule has 0 aromatic heterocycles. The Labute approximate surface area is 168 Å². The Bertz CT molecular complexity index is 860. The molecule has 7 nitrogen and oxygen atoms in total. The van der Waals surface area contributed by atoms with Gasteiger partial charge < -0.3 is 24.3 Å². The first kappa shape index (κ1) is 20.1. The third-order valence-corrected chi connectivity index (χ3v) is 4.85. The van der Waals surface area contributed by atoms with Gasteiger partial charge in [-0.05, 0) is 19.9 Å². The van der Waals surface area contributed by atoms with Crippen molar-refractivity contribution in [2.75, 3.05) is 32.8 Å². The number of fused-ring (bicyclic) bond motifs is 1. The molecule has 0 spiro atoms. The van der Waals surface area contributed by atoms with Gasteiger partial charge in [-0.25, -0.2) is 9.59 Å². The number of carbonyl (C=O) groups is 2. The van der Waals surface area contributed by atoms with E-state index in [-0.39, 0.29) is 18.1 Å². The van der Waals surface area contributed by atoms with Crippen LogP contribution in [0.3, 0.4) is 0 Å². The Hall–Kier alpha value is -2.67. The van der Waals surface area contributed by atoms with Gasteiger partial charge in [0.15, 0.2) is 11.5 Å². The zero-order valence-corrected chi connectivity index (χ0v) is 16.7. The van der Waals surface area contributed by atoms with Gasteiger partial charge >= 0.3 is 11.9 Å². The summed E-state index contributed by atoms with van der Waals surface area (Å²) >= 11 is 6.12. The molecule has 0 fully saturated rings. The van der Waals surface area contributed by atoms with E-state index in [1.165, 1.54) is 7.11 Å². The molecule has 3 rings (SSSR count). The number of para-hydroxylation sites is 1. The van der Waals surface area contributed by atoms with Crippen LogP contribution in [0.15, 0.2) is 40.7 Å². The van der Waals surface area contributed by atoms with Gasteiger partial charge in [-0.15, -0.1) is 11.6 Å². The molecule has 0 bridgehead atoms. The lowest BCUT2D eigenvalue weighted by Crippen LogP contribution is -2.34. The number of ether oxygens (including phenoxy) is 4. The maximum absolute atomic E-state index is 12.9. The Balaban J connectivity index is 2.26. The van der Waals surface area contributed by atoms with Crippen LogP contribution in [0.25, 0.3) is 0 Å². The van der Waals surface area contributed by atoms with Crippen LogP contribution in [0.2, 0.25) is 0 Å². The first-order valence-electron chi connectivity index (χ1n) is 8.94. The minimum atomic E-state index is -0.766. The van der Waals surface area contributed by atoms with Gasteiger partial charge in [0, 0.05) is 17.0 Å². The molecule has 8 heteroatoms. The average Bonchev–Trinajstić information content (AvgIpc) is 2.72. The van der Waals surface area contributed by atoms with E-state index in [1.54, 1.807) is 32.0 Å². The second kappa shape index (κ2) is 8.56. The zero-order valence-electron chi connectivity index (χ0n) is 16.0. The number of halogens is 1. The number of hydrogen-bond acceptors (Lipinski definition) is 7. The number of carbonyl (C=O) groups excluding carboxylic acids is 2. The summed E-state index contributed by atoms with van der Waals surface area (Å²) in [6, 6.07) is 5.37. The second-order valence-electron chi connectivity index (χ2n) is 6.21. The lowest BCUT2D eigenvalue weighted by Gasteiger charge is -2.32. The van der Waals surface area contributed by atoms with Crippen molar-refractivity contribution in [3.05, 3.63) is 46.3 Å². The summed E-state index contributed by atoms with van der Waals surface area (Å²) in [6.45, 7) is 4.43. The molecule has 1 atom stereocenters. The molecule has 2 aliphatic rings. The summed E-state index contributed by atoms with van der Waals surface area (Å²) in [6.07, 6.45) is 0. The monoisotopic (exact) mass is 407 g/mol. The third kappa shape index (κ3) is 3.54. The van der Waals surface area contributed by atoms with Crippen LogP contribution in [0, 0.1) is 0 Å². The summed E-state index contributed by atoms with van der Waals surface area (Å²) in [4.78, 5) is 25.5. The maximum Gasteiger partial charge on any atom is 0.336 e. The Kier molecular flexibility index (Phi) is 6.14. The standard InChI is InChI=1S/C20H22ClNO6/c1-4-26-20(24)17-13(10-21)22-11(2)15(19(23)25-3)16(17)12-6-5-7-14-18(12)28-9-8-27-14/h5-7,16,22H,4,8-10H2,1-3H3. The minimum Gasteiger partial charge on any atom is -0.486 e. The van der Waals surface area contributed by atoms with E-state index in [0.29, 0.717) is 47.2 Å². The zero-order chi connectivity index (χ0) is 20.3. The summed E-state index contributed by atoms with van der Waals surface area (Å²) in [5, 5.41) is 3.05. The van der Waals surface area contributed by atoms with Gasteiger partial charge in [0.05, 0.1) is 36.7 Å². The molecule has 0 radical (unpaired) electrons. The fraction of sp³-hybridized carbons (Fsp3) is 0.400. The van der Waals surface area contributed by atoms with Crippen LogP contribution >= 0.6 is 11.6 Å². The SMILES string of the molecule is CCOC(=O)C1=C(CCl)NC(C)=C(C(=O)OC)C1c1cccc2c1OCCO2. The molecule has 1 aromatic carbocycles. The molecule has 1 aromatic rings. The summed E-state index contributed by atoms with van der Waals surface area (Å²) in [7, 11) is 1.30. The molecule has 0 saturated heterocycles. The molecule has 0 aliphatic carbocycles. The summed E-state index contributed by atoms with van der Waals surface area (Å²) in [5.41, 5.74) is 2.19. The molecular formula is C20H22ClNO6. The normalized spacial score (nSPS) is 18.5. The van der Waals surface area contributed by atoms with Crippen molar-refractivity contribution < 1.29 is 28.5 Å². The second-order valence-corrected chi connectivity index (χ2v) is 6.47. The predicted octanol–water partition coefficient (Wildman–Crippen LogP) is 2.65. The lowest BCUT2D eigenvalue weighted by atomic mass is 9.79. The number of alkyl halides is 1. The Morgan fingerprint density at radius 1 is 1.21 bits per heavy atom. The lowest BCUT2D eigenvalue weighted by molar-refractivity contribution is -0.139. The predicted molar refractivity (Wildman–Crippen MR) is 102 cm³/mol. The van der Waals surface area contributed by atoms with Crippen LogP contribution in [-0.4, -0.2) is 44.7 Å². The first-order chi connectivity index (χ1) is 13.5. The van der Waals surface area contributed by atoms with Crippen LogP contribution < -0.4 is 14.8 Å². The van der Waals surface area contributed by atoms with Crippen molar-refractivity contribution in [3.8, 4) is 11.5 Å². The third-order valence-electron chi connectivity index (χ3n) is 4.59. The van der Waals surface area contributed by atoms with Crippen LogP contribution in [0.4, 0.5) is 0 Å². The number of allylic oxidation sites excluding steroid dienone is 2. The average molecular weight is 408 g/mol. The minimum absolute atomic E-state index is 0.0445. The fourth-order valence-corrected chi connectivity index (χ4v) is 3.68. The van der Waals surface area contributed by atoms with Crippen molar-refractivity contribution in [1.29, 1.82) is 0 Å². The van der Waals surface area contributed by atoms with Gasteiger partial charge in [-0.3, -0.25) is 0 Å². The van der Waals surface area contributed by atoms with Crippen LogP contribution in [0.5, 0.6) is 11.5 Å². The van der Waals surface area contributed by atoms with E-state index in [2.05, 4.69) is 5.32 Å². The topological polar surface area (TPSA) is 83.1 Å². The largest absolute Gasteiger partial charge is 0.486 e. The van der Waals surface area contributed by atoms with Gasteiger partial charge in [-0.1, -0.05) is 12.1 Å². The van der Waals surface area contributed by atoms with Crippen molar-refractivity contribution in [2.45, 2.75) is 19.8 Å². The summed E-state index contributed by atoms with van der Waals surface area (Å²) in [5.74, 6) is -0.787. The highest BCUT2D eigenvalue weighted by atomic mass is 35.5. The van der Waals surface area contributed by atoms with E-state index < -0.39 is 17.9 Å². The molecule has 0 saturated carbocycles. The van der Waals surface area contributed by atoms with Crippen LogP contribution in [-0.2, 0) is 19.1 Å². The van der Waals surface area contributed by atoms with Crippen molar-refractivity contribution >= 4 is 23.5 Å². The van der Waals surface area contributed by atoms with E-state index in [1.807, 2.05) is 0 Å². The highest BCUT2D eigenvalue weighted by molar-refractivity contribution is 6.20. The number of rotatable bonds is 5. The van der Waals surface area contributed by atoms with E-state index in [4.69, 9.17) is 30.5 Å². The Morgan fingerprint density at radius 3 is 2.64 bits per heavy atom. The Morgan fingerprint density at radius 2 is 1.96 bits per heavy atom.